The van der Waals surface area contributed by atoms with E-state index in [1.165, 1.54) is 24.8 Å². The second-order valence-electron chi connectivity index (χ2n) is 5.08. The zero-order valence-electron chi connectivity index (χ0n) is 11.1. The Bertz CT molecular complexity index is 399. The van der Waals surface area contributed by atoms with Crippen molar-refractivity contribution in [3.05, 3.63) is 16.4 Å². The lowest BCUT2D eigenvalue weighted by Gasteiger charge is -2.37. The topological polar surface area (TPSA) is 21.1 Å². The van der Waals surface area contributed by atoms with E-state index >= 15 is 0 Å². The molecule has 0 aromatic carbocycles. The van der Waals surface area contributed by atoms with Gasteiger partial charge in [-0.25, -0.2) is 0 Å². The van der Waals surface area contributed by atoms with Crippen LogP contribution in [0.5, 0.6) is 0 Å². The van der Waals surface area contributed by atoms with Crippen molar-refractivity contribution < 1.29 is 0 Å². The van der Waals surface area contributed by atoms with Crippen LogP contribution in [0.3, 0.4) is 0 Å². The van der Waals surface area contributed by atoms with Crippen LogP contribution in [0.15, 0.2) is 0 Å². The monoisotopic (exact) mass is 289 g/mol. The molecule has 0 saturated heterocycles. The van der Waals surface area contributed by atoms with Gasteiger partial charge < -0.3 is 0 Å². The van der Waals surface area contributed by atoms with E-state index in [2.05, 4.69) is 10.00 Å². The lowest BCUT2D eigenvalue weighted by atomic mass is 9.91. The van der Waals surface area contributed by atoms with Gasteiger partial charge in [-0.3, -0.25) is 9.58 Å². The average Bonchev–Trinajstić information content (AvgIpc) is 2.50. The SMILES string of the molecule is Cc1nn(C)c(Cl)c1CN(CCCCl)C1CCC1. The highest BCUT2D eigenvalue weighted by Gasteiger charge is 2.26. The Hall–Kier alpha value is -0.250. The van der Waals surface area contributed by atoms with Crippen LogP contribution in [-0.4, -0.2) is 33.1 Å². The summed E-state index contributed by atoms with van der Waals surface area (Å²) in [6.07, 6.45) is 5.00. The molecule has 102 valence electrons. The van der Waals surface area contributed by atoms with E-state index in [1.54, 1.807) is 4.68 Å². The molecule has 0 N–H and O–H groups in total. The minimum Gasteiger partial charge on any atom is -0.296 e. The van der Waals surface area contributed by atoms with Gasteiger partial charge >= 0.3 is 0 Å². The summed E-state index contributed by atoms with van der Waals surface area (Å²) in [6, 6.07) is 0.712. The van der Waals surface area contributed by atoms with Gasteiger partial charge in [0.05, 0.1) is 5.69 Å². The van der Waals surface area contributed by atoms with Crippen LogP contribution in [0.4, 0.5) is 0 Å². The number of hydrogen-bond acceptors (Lipinski definition) is 2. The van der Waals surface area contributed by atoms with Crippen molar-refractivity contribution in [2.75, 3.05) is 12.4 Å². The molecule has 0 unspecified atom stereocenters. The van der Waals surface area contributed by atoms with Gasteiger partial charge in [-0.1, -0.05) is 18.0 Å². The molecular weight excluding hydrogens is 269 g/mol. The minimum atomic E-state index is 0.712. The molecule has 2 rings (SSSR count). The van der Waals surface area contributed by atoms with Crippen molar-refractivity contribution in [1.82, 2.24) is 14.7 Å². The van der Waals surface area contributed by atoms with Crippen molar-refractivity contribution in [3.63, 3.8) is 0 Å². The summed E-state index contributed by atoms with van der Waals surface area (Å²) < 4.78 is 1.76. The predicted octanol–water partition coefficient (Wildman–Crippen LogP) is 3.37. The summed E-state index contributed by atoms with van der Waals surface area (Å²) in [5, 5.41) is 5.15. The van der Waals surface area contributed by atoms with E-state index in [9.17, 15) is 0 Å². The molecule has 0 atom stereocenters. The number of aryl methyl sites for hydroxylation is 2. The van der Waals surface area contributed by atoms with E-state index < -0.39 is 0 Å². The van der Waals surface area contributed by atoms with Crippen LogP contribution in [0.1, 0.15) is 36.9 Å². The Labute approximate surface area is 119 Å². The molecule has 5 heteroatoms. The van der Waals surface area contributed by atoms with E-state index in [0.717, 1.165) is 36.2 Å². The van der Waals surface area contributed by atoms with Crippen LogP contribution < -0.4 is 0 Å². The fourth-order valence-corrected chi connectivity index (χ4v) is 2.82. The Kier molecular flexibility index (Phi) is 4.93. The van der Waals surface area contributed by atoms with Crippen LogP contribution in [-0.2, 0) is 13.6 Å². The molecule has 0 spiro atoms. The van der Waals surface area contributed by atoms with Gasteiger partial charge in [0.1, 0.15) is 5.15 Å². The number of alkyl halides is 1. The molecule has 0 aliphatic heterocycles. The van der Waals surface area contributed by atoms with E-state index in [1.807, 2.05) is 14.0 Å². The fourth-order valence-electron chi connectivity index (χ4n) is 2.46. The number of aromatic nitrogens is 2. The van der Waals surface area contributed by atoms with Gasteiger partial charge in [-0.2, -0.15) is 5.10 Å². The zero-order chi connectivity index (χ0) is 13.1. The van der Waals surface area contributed by atoms with Gasteiger partial charge in [0.2, 0.25) is 0 Å². The summed E-state index contributed by atoms with van der Waals surface area (Å²) >= 11 is 12.1. The summed E-state index contributed by atoms with van der Waals surface area (Å²) in [7, 11) is 1.89. The molecule has 1 aromatic rings. The molecule has 1 aliphatic rings. The fraction of sp³-hybridized carbons (Fsp3) is 0.769. The Balaban J connectivity index is 2.07. The standard InChI is InChI=1S/C13H21Cl2N3/c1-10-12(13(15)17(2)16-10)9-18(8-4-7-14)11-5-3-6-11/h11H,3-9H2,1-2H3. The lowest BCUT2D eigenvalue weighted by molar-refractivity contribution is 0.119. The molecule has 1 heterocycles. The summed E-state index contributed by atoms with van der Waals surface area (Å²) in [4.78, 5) is 2.52. The van der Waals surface area contributed by atoms with E-state index in [4.69, 9.17) is 23.2 Å². The average molecular weight is 290 g/mol. The summed E-state index contributed by atoms with van der Waals surface area (Å²) in [5.41, 5.74) is 2.21. The maximum Gasteiger partial charge on any atom is 0.131 e. The molecule has 1 saturated carbocycles. The summed E-state index contributed by atoms with van der Waals surface area (Å²) in [5.74, 6) is 0.725. The first-order valence-electron chi connectivity index (χ1n) is 6.61. The van der Waals surface area contributed by atoms with Gasteiger partial charge in [0.15, 0.2) is 0 Å². The third-order valence-corrected chi connectivity index (χ3v) is 4.54. The van der Waals surface area contributed by atoms with Gasteiger partial charge in [-0.15, -0.1) is 11.6 Å². The smallest absolute Gasteiger partial charge is 0.131 e. The maximum atomic E-state index is 6.31. The van der Waals surface area contributed by atoms with Crippen LogP contribution >= 0.6 is 23.2 Å². The normalized spacial score (nSPS) is 16.3. The Morgan fingerprint density at radius 3 is 2.61 bits per heavy atom. The largest absolute Gasteiger partial charge is 0.296 e. The van der Waals surface area contributed by atoms with E-state index in [0.29, 0.717) is 6.04 Å². The molecule has 1 aliphatic carbocycles. The van der Waals surface area contributed by atoms with Gasteiger partial charge in [0, 0.05) is 31.1 Å². The van der Waals surface area contributed by atoms with Crippen molar-refractivity contribution in [2.45, 2.75) is 45.2 Å². The summed E-state index contributed by atoms with van der Waals surface area (Å²) in [6.45, 7) is 3.99. The van der Waals surface area contributed by atoms with Gasteiger partial charge in [0.25, 0.3) is 0 Å². The van der Waals surface area contributed by atoms with Gasteiger partial charge in [-0.05, 0) is 32.7 Å². The van der Waals surface area contributed by atoms with Crippen LogP contribution in [0.2, 0.25) is 5.15 Å². The van der Waals surface area contributed by atoms with Crippen molar-refractivity contribution in [3.8, 4) is 0 Å². The second kappa shape index (κ2) is 6.27. The Morgan fingerprint density at radius 1 is 1.44 bits per heavy atom. The van der Waals surface area contributed by atoms with E-state index in [-0.39, 0.29) is 0 Å². The highest BCUT2D eigenvalue weighted by atomic mass is 35.5. The number of rotatable bonds is 6. The van der Waals surface area contributed by atoms with Crippen LogP contribution in [0.25, 0.3) is 0 Å². The number of hydrogen-bond donors (Lipinski definition) is 0. The third kappa shape index (κ3) is 3.01. The molecule has 1 aromatic heterocycles. The predicted molar refractivity (Wildman–Crippen MR) is 76.3 cm³/mol. The lowest BCUT2D eigenvalue weighted by Crippen LogP contribution is -2.40. The number of nitrogens with zero attached hydrogens (tertiary/aromatic N) is 3. The molecule has 0 radical (unpaired) electrons. The molecular formula is C13H21Cl2N3. The van der Waals surface area contributed by atoms with Crippen LogP contribution in [0, 0.1) is 6.92 Å². The molecule has 18 heavy (non-hydrogen) atoms. The third-order valence-electron chi connectivity index (χ3n) is 3.80. The quantitative estimate of drug-likeness (QED) is 0.749. The first kappa shape index (κ1) is 14.2. The second-order valence-corrected chi connectivity index (χ2v) is 5.81. The molecule has 0 amide bonds. The first-order valence-corrected chi connectivity index (χ1v) is 7.52. The van der Waals surface area contributed by atoms with Crippen molar-refractivity contribution in [2.24, 2.45) is 7.05 Å². The molecule has 0 bridgehead atoms. The highest BCUT2D eigenvalue weighted by Crippen LogP contribution is 2.29. The number of halogens is 2. The van der Waals surface area contributed by atoms with Crippen molar-refractivity contribution in [1.29, 1.82) is 0 Å². The zero-order valence-corrected chi connectivity index (χ0v) is 12.6. The van der Waals surface area contributed by atoms with Crippen molar-refractivity contribution >= 4 is 23.2 Å². The molecule has 3 nitrogen and oxygen atoms in total. The maximum absolute atomic E-state index is 6.31. The first-order chi connectivity index (χ1) is 8.63. The Morgan fingerprint density at radius 2 is 2.17 bits per heavy atom. The molecule has 1 fully saturated rings. The minimum absolute atomic E-state index is 0.712. The highest BCUT2D eigenvalue weighted by molar-refractivity contribution is 6.30.